The number of rotatable bonds is 6. The number of hydrogen-bond donors (Lipinski definition) is 0. The number of hydrazone groups is 1. The van der Waals surface area contributed by atoms with Crippen LogP contribution in [-0.2, 0) is 29.0 Å². The smallest absolute Gasteiger partial charge is 0.254 e. The minimum absolute atomic E-state index is 0.146. The third-order valence-electron chi connectivity index (χ3n) is 6.94. The molecule has 37 heavy (non-hydrogen) atoms. The molecule has 4 amide bonds. The van der Waals surface area contributed by atoms with Crippen molar-refractivity contribution < 1.29 is 37.1 Å². The van der Waals surface area contributed by atoms with Gasteiger partial charge in [0.05, 0.1) is 31.4 Å². The van der Waals surface area contributed by atoms with Crippen LogP contribution < -0.4 is 9.47 Å². The number of carbonyl (C=O) groups is 4. The lowest BCUT2D eigenvalue weighted by molar-refractivity contribution is -0.149. The third kappa shape index (κ3) is 5.04. The Balaban J connectivity index is 1.43. The first-order chi connectivity index (χ1) is 17.4. The fourth-order valence-electron chi connectivity index (χ4n) is 4.81. The number of carbonyl (C=O) groups excluding carboxylic acids is 4. The van der Waals surface area contributed by atoms with Crippen molar-refractivity contribution in [2.75, 3.05) is 45.4 Å². The molecule has 0 saturated carbocycles. The molecule has 3 aliphatic rings. The Morgan fingerprint density at radius 1 is 1.03 bits per heavy atom. The predicted octanol–water partition coefficient (Wildman–Crippen LogP) is 0.0509. The van der Waals surface area contributed by atoms with Crippen LogP contribution in [-0.4, -0.2) is 104 Å². The highest BCUT2D eigenvalue weighted by Gasteiger charge is 2.47. The Kier molecular flexibility index (Phi) is 7.01. The molecular formula is C24H30N4O8S. The summed E-state index contributed by atoms with van der Waals surface area (Å²) in [6.07, 6.45) is 0.930. The monoisotopic (exact) mass is 534 g/mol. The Morgan fingerprint density at radius 2 is 1.62 bits per heavy atom. The van der Waals surface area contributed by atoms with E-state index in [1.165, 1.54) is 17.0 Å². The summed E-state index contributed by atoms with van der Waals surface area (Å²) in [5.41, 5.74) is 0.472. The Hall–Kier alpha value is -3.48. The highest BCUT2D eigenvalue weighted by Crippen LogP contribution is 2.37. The normalized spacial score (nSPS) is 21.8. The van der Waals surface area contributed by atoms with Gasteiger partial charge >= 0.3 is 0 Å². The molecule has 1 aromatic rings. The fraction of sp³-hybridized carbons (Fsp3) is 0.542. The average Bonchev–Trinajstić information content (AvgIpc) is 3.09. The molecule has 0 N–H and O–H groups in total. The summed E-state index contributed by atoms with van der Waals surface area (Å²) in [6, 6.07) is 5.15. The van der Waals surface area contributed by atoms with Gasteiger partial charge in [-0.25, -0.2) is 13.4 Å². The lowest BCUT2D eigenvalue weighted by atomic mass is 9.83. The van der Waals surface area contributed by atoms with E-state index in [0.29, 0.717) is 48.0 Å². The van der Waals surface area contributed by atoms with E-state index in [2.05, 4.69) is 5.10 Å². The van der Waals surface area contributed by atoms with Crippen molar-refractivity contribution in [2.24, 2.45) is 10.5 Å². The molecule has 0 unspecified atom stereocenters. The summed E-state index contributed by atoms with van der Waals surface area (Å²) in [6.45, 7) is 3.76. The second kappa shape index (κ2) is 9.77. The van der Waals surface area contributed by atoms with E-state index in [0.717, 1.165) is 5.56 Å². The molecule has 2 saturated heterocycles. The van der Waals surface area contributed by atoms with Crippen LogP contribution in [0.5, 0.6) is 11.5 Å². The number of methoxy groups -OCH3 is 2. The number of ether oxygens (including phenoxy) is 2. The molecular weight excluding hydrogens is 504 g/mol. The summed E-state index contributed by atoms with van der Waals surface area (Å²) < 4.78 is 33.9. The van der Waals surface area contributed by atoms with E-state index in [9.17, 15) is 27.6 Å². The SMILES string of the molecule is COc1ccc(C2=NN(C3CCN(C(=O)CN4C(=O)CS(=O)(=O)CC4=O)CC3)C(=O)C2(C)C)cc1OC. The highest BCUT2D eigenvalue weighted by molar-refractivity contribution is 7.92. The lowest BCUT2D eigenvalue weighted by Gasteiger charge is -2.36. The number of piperidine rings is 1. The molecule has 0 spiro atoms. The van der Waals surface area contributed by atoms with Gasteiger partial charge in [-0.3, -0.25) is 24.1 Å². The van der Waals surface area contributed by atoms with Crippen molar-refractivity contribution >= 4 is 39.2 Å². The van der Waals surface area contributed by atoms with Gasteiger partial charge in [-0.15, -0.1) is 0 Å². The molecule has 200 valence electrons. The maximum atomic E-state index is 13.3. The molecule has 0 atom stereocenters. The number of amides is 4. The molecule has 12 nitrogen and oxygen atoms in total. The van der Waals surface area contributed by atoms with Gasteiger partial charge in [0.15, 0.2) is 21.3 Å². The van der Waals surface area contributed by atoms with Crippen LogP contribution in [0.15, 0.2) is 23.3 Å². The molecule has 0 radical (unpaired) electrons. The second-order valence-electron chi connectivity index (χ2n) is 9.81. The highest BCUT2D eigenvalue weighted by atomic mass is 32.2. The maximum absolute atomic E-state index is 13.3. The zero-order valence-corrected chi connectivity index (χ0v) is 22.0. The van der Waals surface area contributed by atoms with Crippen molar-refractivity contribution in [2.45, 2.75) is 32.7 Å². The van der Waals surface area contributed by atoms with Gasteiger partial charge in [0.1, 0.15) is 18.1 Å². The molecule has 4 rings (SSSR count). The molecule has 0 bridgehead atoms. The van der Waals surface area contributed by atoms with Crippen LogP contribution >= 0.6 is 0 Å². The van der Waals surface area contributed by atoms with Gasteiger partial charge in [0.25, 0.3) is 5.91 Å². The first-order valence-electron chi connectivity index (χ1n) is 11.8. The Bertz CT molecular complexity index is 1260. The number of nitrogens with zero attached hydrogens (tertiary/aromatic N) is 4. The summed E-state index contributed by atoms with van der Waals surface area (Å²) in [7, 11) is -0.686. The Labute approximate surface area is 215 Å². The summed E-state index contributed by atoms with van der Waals surface area (Å²) in [4.78, 5) is 52.5. The van der Waals surface area contributed by atoms with Crippen LogP contribution in [0.2, 0.25) is 0 Å². The average molecular weight is 535 g/mol. The van der Waals surface area contributed by atoms with Gasteiger partial charge in [-0.1, -0.05) is 0 Å². The zero-order valence-electron chi connectivity index (χ0n) is 21.2. The van der Waals surface area contributed by atoms with Crippen molar-refractivity contribution in [3.8, 4) is 11.5 Å². The van der Waals surface area contributed by atoms with Crippen LogP contribution in [0.3, 0.4) is 0 Å². The van der Waals surface area contributed by atoms with Gasteiger partial charge in [0.2, 0.25) is 17.7 Å². The first-order valence-corrected chi connectivity index (χ1v) is 13.7. The third-order valence-corrected chi connectivity index (χ3v) is 8.32. The summed E-state index contributed by atoms with van der Waals surface area (Å²) in [5.74, 6) is -2.82. The fourth-order valence-corrected chi connectivity index (χ4v) is 5.98. The standard InChI is InChI=1S/C24H30N4O8S/c1-24(2)22(15-5-6-17(35-3)18(11-15)36-4)25-28(23(24)32)16-7-9-26(10-8-16)19(29)12-27-20(30)13-37(33,34)14-21(27)31/h5-6,11,16H,7-10,12-14H2,1-4H3. The molecule has 2 fully saturated rings. The largest absolute Gasteiger partial charge is 0.493 e. The van der Waals surface area contributed by atoms with E-state index >= 15 is 0 Å². The summed E-state index contributed by atoms with van der Waals surface area (Å²) >= 11 is 0. The van der Waals surface area contributed by atoms with E-state index in [-0.39, 0.29) is 11.9 Å². The van der Waals surface area contributed by atoms with Crippen LogP contribution in [0.4, 0.5) is 0 Å². The molecule has 3 aliphatic heterocycles. The predicted molar refractivity (Wildman–Crippen MR) is 132 cm³/mol. The van der Waals surface area contributed by atoms with Crippen LogP contribution in [0.25, 0.3) is 0 Å². The topological polar surface area (TPSA) is 143 Å². The van der Waals surface area contributed by atoms with Crippen LogP contribution in [0.1, 0.15) is 32.3 Å². The minimum atomic E-state index is -3.77. The number of imide groups is 1. The second-order valence-corrected chi connectivity index (χ2v) is 11.9. The van der Waals surface area contributed by atoms with E-state index in [1.54, 1.807) is 19.2 Å². The molecule has 0 aliphatic carbocycles. The molecule has 1 aromatic carbocycles. The van der Waals surface area contributed by atoms with Crippen molar-refractivity contribution in [1.82, 2.24) is 14.8 Å². The van der Waals surface area contributed by atoms with Gasteiger partial charge in [-0.2, -0.15) is 5.10 Å². The van der Waals surface area contributed by atoms with Gasteiger partial charge in [-0.05, 0) is 44.9 Å². The number of sulfone groups is 1. The number of benzene rings is 1. The van der Waals surface area contributed by atoms with E-state index in [4.69, 9.17) is 9.47 Å². The summed E-state index contributed by atoms with van der Waals surface area (Å²) in [5, 5.41) is 6.19. The lowest BCUT2D eigenvalue weighted by Crippen LogP contribution is -2.54. The van der Waals surface area contributed by atoms with E-state index < -0.39 is 51.0 Å². The Morgan fingerprint density at radius 3 is 2.19 bits per heavy atom. The molecule has 0 aromatic heterocycles. The zero-order chi connectivity index (χ0) is 27.1. The van der Waals surface area contributed by atoms with Crippen molar-refractivity contribution in [1.29, 1.82) is 0 Å². The van der Waals surface area contributed by atoms with Gasteiger partial charge in [0, 0.05) is 18.7 Å². The molecule has 3 heterocycles. The van der Waals surface area contributed by atoms with E-state index in [1.807, 2.05) is 19.9 Å². The first kappa shape index (κ1) is 26.6. The van der Waals surface area contributed by atoms with Crippen molar-refractivity contribution in [3.63, 3.8) is 0 Å². The maximum Gasteiger partial charge on any atom is 0.254 e. The number of likely N-dealkylation sites (tertiary alicyclic amines) is 1. The van der Waals surface area contributed by atoms with Crippen molar-refractivity contribution in [3.05, 3.63) is 23.8 Å². The molecule has 13 heteroatoms. The van der Waals surface area contributed by atoms with Crippen LogP contribution in [0, 0.1) is 5.41 Å². The number of hydrogen-bond acceptors (Lipinski definition) is 9. The van der Waals surface area contributed by atoms with Gasteiger partial charge < -0.3 is 14.4 Å². The minimum Gasteiger partial charge on any atom is -0.493 e. The quantitative estimate of drug-likeness (QED) is 0.466.